The van der Waals surface area contributed by atoms with Crippen LogP contribution in [0, 0.1) is 0 Å². The molecule has 0 radical (unpaired) electrons. The normalized spacial score (nSPS) is 24.3. The van der Waals surface area contributed by atoms with E-state index in [1.165, 1.54) is 41.5 Å². The molecule has 16 nitrogen and oxygen atoms in total. The van der Waals surface area contributed by atoms with Gasteiger partial charge < -0.3 is 34.8 Å². The number of fused-ring (bicyclic) bond motifs is 1. The second-order valence-corrected chi connectivity index (χ2v) is 12.3. The molecule has 190 valence electrons. The van der Waals surface area contributed by atoms with Gasteiger partial charge in [0, 0.05) is 6.42 Å². The third-order valence-electron chi connectivity index (χ3n) is 4.80. The smallest absolute Gasteiger partial charge is 0.390 e. The molecule has 35 heavy (non-hydrogen) atoms. The number of hydrogen-bond acceptors (Lipinski definition) is 12. The number of nitrogens with zero attached hydrogens (tertiary/aromatic N) is 4. The molecule has 1 aliphatic rings. The summed E-state index contributed by atoms with van der Waals surface area (Å²) in [5.41, 5.74) is 6.46. The van der Waals surface area contributed by atoms with Crippen molar-refractivity contribution >= 4 is 45.5 Å². The van der Waals surface area contributed by atoms with Crippen LogP contribution in [0.2, 0.25) is 0 Å². The molecule has 2 aromatic heterocycles. The maximum atomic E-state index is 13.4. The van der Waals surface area contributed by atoms with Gasteiger partial charge in [0.15, 0.2) is 11.5 Å². The minimum absolute atomic E-state index is 0.0553. The average Bonchev–Trinajstić information content (AvgIpc) is 3.35. The summed E-state index contributed by atoms with van der Waals surface area (Å²) >= 11 is 0. The van der Waals surface area contributed by atoms with E-state index in [2.05, 4.69) is 23.6 Å². The molecule has 5 atom stereocenters. The number of aromatic nitrogens is 4. The van der Waals surface area contributed by atoms with Crippen LogP contribution < -0.4 is 11.0 Å². The second kappa shape index (κ2) is 9.77. The summed E-state index contributed by atoms with van der Waals surface area (Å²) in [7, 11) is -15.7. The summed E-state index contributed by atoms with van der Waals surface area (Å²) in [6.45, 7) is -0.594. The van der Waals surface area contributed by atoms with E-state index in [0.29, 0.717) is 11.2 Å². The molecule has 0 spiro atoms. The summed E-state index contributed by atoms with van der Waals surface area (Å²) in [6, 6.07) is 6.90. The molecule has 1 aromatic carbocycles. The van der Waals surface area contributed by atoms with E-state index in [0.717, 1.165) is 0 Å². The standard InChI is InChI=1S/C16H20N5O11P3/c17-15-14-16(19-8-18-15)21(9-20-14)13-6-11(22)12(30-13)7-29-33(23,10-4-2-1-3-5-10)31-35(27,28)32-34(24,25)26/h1-5,8-9,11-13,22H,6-7H2,(H,27,28)(H2,17,18,19)(H2,24,25,26). The quantitative estimate of drug-likeness (QED) is 0.231. The van der Waals surface area contributed by atoms with Crippen molar-refractivity contribution in [2.45, 2.75) is 24.9 Å². The van der Waals surface area contributed by atoms with E-state index < -0.39 is 48.3 Å². The van der Waals surface area contributed by atoms with Crippen LogP contribution in [0.4, 0.5) is 5.82 Å². The number of hydrogen-bond donors (Lipinski definition) is 5. The molecule has 0 saturated carbocycles. The Kier molecular flexibility index (Phi) is 7.26. The number of anilines is 1. The van der Waals surface area contributed by atoms with Crippen LogP contribution in [0.25, 0.3) is 11.2 Å². The zero-order chi connectivity index (χ0) is 25.4. The molecular weight excluding hydrogens is 531 g/mol. The molecule has 4 rings (SSSR count). The van der Waals surface area contributed by atoms with Crippen molar-refractivity contribution in [3.8, 4) is 0 Å². The zero-order valence-electron chi connectivity index (χ0n) is 17.5. The topological polar surface area (TPSA) is 239 Å². The minimum atomic E-state index is -5.55. The van der Waals surface area contributed by atoms with Crippen LogP contribution in [0.1, 0.15) is 12.6 Å². The number of nitrogens with two attached hydrogens (primary N) is 1. The Hall–Kier alpha value is -2.06. The highest BCUT2D eigenvalue weighted by molar-refractivity contribution is 7.72. The van der Waals surface area contributed by atoms with Crippen molar-refractivity contribution in [2.75, 3.05) is 12.3 Å². The monoisotopic (exact) mass is 551 g/mol. The predicted octanol–water partition coefficient (Wildman–Crippen LogP) is 0.818. The molecule has 5 unspecified atom stereocenters. The summed E-state index contributed by atoms with van der Waals surface area (Å²) in [4.78, 5) is 39.5. The predicted molar refractivity (Wildman–Crippen MR) is 118 cm³/mol. The summed E-state index contributed by atoms with van der Waals surface area (Å²) in [5, 5.41) is 10.3. The number of imidazole rings is 1. The molecule has 3 heterocycles. The maximum absolute atomic E-state index is 13.4. The van der Waals surface area contributed by atoms with Crippen LogP contribution in [-0.2, 0) is 31.6 Å². The van der Waals surface area contributed by atoms with Gasteiger partial charge in [0.05, 0.1) is 24.3 Å². The second-order valence-electron chi connectivity index (χ2n) is 7.27. The Morgan fingerprint density at radius 3 is 2.49 bits per heavy atom. The van der Waals surface area contributed by atoms with E-state index >= 15 is 0 Å². The van der Waals surface area contributed by atoms with Crippen molar-refractivity contribution in [1.82, 2.24) is 19.5 Å². The first-order valence-electron chi connectivity index (χ1n) is 9.75. The van der Waals surface area contributed by atoms with Crippen molar-refractivity contribution in [1.29, 1.82) is 0 Å². The van der Waals surface area contributed by atoms with Crippen LogP contribution in [0.3, 0.4) is 0 Å². The first-order valence-corrected chi connectivity index (χ1v) is 14.3. The SMILES string of the molecule is Nc1ncnc2c1ncn2C1CC(O)C(COP(=O)(OP(=O)(O)OP(=O)(O)O)c2ccccc2)O1. The lowest BCUT2D eigenvalue weighted by atomic mass is 10.2. The Labute approximate surface area is 197 Å². The van der Waals surface area contributed by atoms with Gasteiger partial charge in [-0.25, -0.2) is 28.4 Å². The van der Waals surface area contributed by atoms with E-state index in [9.17, 15) is 23.7 Å². The van der Waals surface area contributed by atoms with E-state index in [1.807, 2.05) is 0 Å². The van der Waals surface area contributed by atoms with Gasteiger partial charge in [0.2, 0.25) is 0 Å². The fourth-order valence-electron chi connectivity index (χ4n) is 3.33. The van der Waals surface area contributed by atoms with Crippen molar-refractivity contribution in [3.05, 3.63) is 43.0 Å². The van der Waals surface area contributed by atoms with Crippen molar-refractivity contribution in [3.63, 3.8) is 0 Å². The van der Waals surface area contributed by atoms with Gasteiger partial charge in [-0.1, -0.05) is 18.2 Å². The van der Waals surface area contributed by atoms with Gasteiger partial charge >= 0.3 is 23.2 Å². The molecular formula is C16H20N5O11P3. The molecule has 1 fully saturated rings. The number of rotatable bonds is 9. The minimum Gasteiger partial charge on any atom is -0.390 e. The molecule has 1 saturated heterocycles. The number of phosphoric acid groups is 2. The van der Waals surface area contributed by atoms with E-state index in [4.69, 9.17) is 24.8 Å². The Balaban J connectivity index is 1.52. The first-order chi connectivity index (χ1) is 16.4. The molecule has 0 bridgehead atoms. The first kappa shape index (κ1) is 26.0. The summed E-state index contributed by atoms with van der Waals surface area (Å²) < 4.78 is 57.4. The van der Waals surface area contributed by atoms with Crippen LogP contribution in [-0.4, -0.2) is 58.1 Å². The molecule has 1 aliphatic heterocycles. The number of ether oxygens (including phenoxy) is 1. The molecule has 3 aromatic rings. The van der Waals surface area contributed by atoms with Crippen LogP contribution >= 0.6 is 23.2 Å². The van der Waals surface area contributed by atoms with Gasteiger partial charge in [-0.05, 0) is 12.1 Å². The lowest BCUT2D eigenvalue weighted by molar-refractivity contribution is -0.0391. The van der Waals surface area contributed by atoms with Crippen LogP contribution in [0.5, 0.6) is 0 Å². The largest absolute Gasteiger partial charge is 0.488 e. The maximum Gasteiger partial charge on any atom is 0.488 e. The highest BCUT2D eigenvalue weighted by atomic mass is 31.3. The third-order valence-corrected chi connectivity index (χ3v) is 9.58. The van der Waals surface area contributed by atoms with Crippen molar-refractivity contribution in [2.24, 2.45) is 0 Å². The summed E-state index contributed by atoms with van der Waals surface area (Å²) in [6.07, 6.45) is -0.291. The highest BCUT2D eigenvalue weighted by Gasteiger charge is 2.44. The lowest BCUT2D eigenvalue weighted by Gasteiger charge is -2.23. The third kappa shape index (κ3) is 6.02. The number of aliphatic hydroxyl groups is 1. The number of benzene rings is 1. The van der Waals surface area contributed by atoms with E-state index in [1.54, 1.807) is 6.07 Å². The Morgan fingerprint density at radius 1 is 1.09 bits per heavy atom. The van der Waals surface area contributed by atoms with Crippen LogP contribution in [0.15, 0.2) is 43.0 Å². The summed E-state index contributed by atoms with van der Waals surface area (Å²) in [5.74, 6) is 0.152. The molecule has 0 aliphatic carbocycles. The number of aliphatic hydroxyl groups excluding tert-OH is 1. The zero-order valence-corrected chi connectivity index (χ0v) is 20.2. The molecule has 19 heteroatoms. The van der Waals surface area contributed by atoms with Gasteiger partial charge in [0.1, 0.15) is 24.2 Å². The van der Waals surface area contributed by atoms with Gasteiger partial charge in [-0.15, -0.1) is 0 Å². The molecule has 6 N–H and O–H groups in total. The Morgan fingerprint density at radius 2 is 1.80 bits per heavy atom. The molecule has 0 amide bonds. The van der Waals surface area contributed by atoms with Gasteiger partial charge in [0.25, 0.3) is 0 Å². The van der Waals surface area contributed by atoms with Crippen molar-refractivity contribution < 1.29 is 51.4 Å². The average molecular weight is 551 g/mol. The fourth-order valence-corrected chi connectivity index (χ4v) is 7.47. The van der Waals surface area contributed by atoms with Gasteiger partial charge in [-0.3, -0.25) is 9.13 Å². The highest BCUT2D eigenvalue weighted by Crippen LogP contribution is 2.67. The fraction of sp³-hybridized carbons (Fsp3) is 0.312. The lowest BCUT2D eigenvalue weighted by Crippen LogP contribution is -2.27. The van der Waals surface area contributed by atoms with E-state index in [-0.39, 0.29) is 17.5 Å². The van der Waals surface area contributed by atoms with Gasteiger partial charge in [-0.2, -0.15) is 4.31 Å². The number of nitrogen functional groups attached to an aromatic ring is 1. The Bertz CT molecular complexity index is 1350.